The lowest BCUT2D eigenvalue weighted by atomic mass is 11.8. The van der Waals surface area contributed by atoms with Crippen molar-refractivity contribution in [2.24, 2.45) is 0 Å². The molecule has 0 bridgehead atoms. The van der Waals surface area contributed by atoms with Crippen LogP contribution in [0.25, 0.3) is 0 Å². The molecule has 21 heteroatoms. The van der Waals surface area contributed by atoms with Gasteiger partial charge < -0.3 is 55.2 Å². The van der Waals surface area contributed by atoms with Crippen LogP contribution in [0.4, 0.5) is 0 Å². The SMILES string of the molecule is CO[Si]1(O)O[Si](C)(C)O[Si]2(O[Si](C)(C)O[Si]3(O[Si](C)(C)O[Si](C)(C)O[Si](C)(O)O3)O2)O1. The van der Waals surface area contributed by atoms with E-state index in [2.05, 4.69) is 0 Å². The summed E-state index contributed by atoms with van der Waals surface area (Å²) in [6.07, 6.45) is 0. The summed E-state index contributed by atoms with van der Waals surface area (Å²) in [5.41, 5.74) is 0. The standard InChI is InChI=1S/C10H32O13Si8/c1-13-29(12)16-26(6,7)18-31(22-29)20-27(8,9)19-30(23-31)17-25(4,5)14-24(2,3)15-28(10,11)21-30/h11-12H,1-10H3. The largest absolute Gasteiger partial charge is 0.661 e. The van der Waals surface area contributed by atoms with E-state index >= 15 is 0 Å². The normalized spacial score (nSPS) is 46.5. The predicted octanol–water partition coefficient (Wildman–Crippen LogP) is 0.507. The topological polar surface area (TPSA) is 142 Å². The predicted molar refractivity (Wildman–Crippen MR) is 121 cm³/mol. The number of hydrogen-bond donors (Lipinski definition) is 2. The smallest absolute Gasteiger partial charge is 0.416 e. The molecule has 182 valence electrons. The molecule has 13 nitrogen and oxygen atoms in total. The average Bonchev–Trinajstić information content (AvgIpc) is 2.35. The molecule has 2 spiro atoms. The molecule has 0 aromatic rings. The highest BCUT2D eigenvalue weighted by Gasteiger charge is 2.77. The van der Waals surface area contributed by atoms with Gasteiger partial charge >= 0.3 is 70.2 Å². The first-order chi connectivity index (χ1) is 13.6. The van der Waals surface area contributed by atoms with Crippen molar-refractivity contribution in [1.29, 1.82) is 0 Å². The van der Waals surface area contributed by atoms with Gasteiger partial charge in [-0.25, -0.2) is 0 Å². The molecule has 0 radical (unpaired) electrons. The van der Waals surface area contributed by atoms with Crippen LogP contribution in [0.15, 0.2) is 0 Å². The summed E-state index contributed by atoms with van der Waals surface area (Å²) < 4.78 is 65.6. The summed E-state index contributed by atoms with van der Waals surface area (Å²) in [5.74, 6) is 0. The van der Waals surface area contributed by atoms with E-state index in [1.54, 1.807) is 52.4 Å². The van der Waals surface area contributed by atoms with Crippen molar-refractivity contribution in [3.63, 3.8) is 0 Å². The van der Waals surface area contributed by atoms with E-state index in [1.165, 1.54) is 13.7 Å². The van der Waals surface area contributed by atoms with Gasteiger partial charge in [-0.1, -0.05) is 0 Å². The molecule has 0 aromatic carbocycles. The van der Waals surface area contributed by atoms with Gasteiger partial charge in [0.2, 0.25) is 0 Å². The second-order valence-corrected chi connectivity index (χ2v) is 33.9. The first-order valence-electron chi connectivity index (χ1n) is 9.64. The van der Waals surface area contributed by atoms with E-state index in [0.717, 1.165) is 0 Å². The quantitative estimate of drug-likeness (QED) is 0.414. The van der Waals surface area contributed by atoms with Crippen LogP contribution in [-0.4, -0.2) is 86.9 Å². The Morgan fingerprint density at radius 1 is 0.452 bits per heavy atom. The van der Waals surface area contributed by atoms with E-state index in [9.17, 15) is 9.59 Å². The van der Waals surface area contributed by atoms with Gasteiger partial charge in [-0.05, 0) is 52.4 Å². The molecular formula is C10H32O13Si8. The van der Waals surface area contributed by atoms with E-state index in [0.29, 0.717) is 0 Å². The Balaban J connectivity index is 2.07. The molecule has 3 aliphatic rings. The maximum absolute atomic E-state index is 11.0. The molecule has 31 heavy (non-hydrogen) atoms. The van der Waals surface area contributed by atoms with Gasteiger partial charge in [0.05, 0.1) is 0 Å². The van der Waals surface area contributed by atoms with Gasteiger partial charge in [0.15, 0.2) is 0 Å². The first kappa shape index (κ1) is 26.8. The van der Waals surface area contributed by atoms with Crippen LogP contribution in [0.3, 0.4) is 0 Å². The number of rotatable bonds is 1. The minimum Gasteiger partial charge on any atom is -0.416 e. The fourth-order valence-corrected chi connectivity index (χ4v) is 38.8. The molecule has 0 saturated carbocycles. The molecule has 3 saturated heterocycles. The summed E-state index contributed by atoms with van der Waals surface area (Å²) in [4.78, 5) is 21.8. The third-order valence-corrected chi connectivity index (χ3v) is 33.2. The highest BCUT2D eigenvalue weighted by atomic mass is 28.6. The van der Waals surface area contributed by atoms with Gasteiger partial charge in [-0.3, -0.25) is 0 Å². The second-order valence-electron chi connectivity index (χ2n) is 9.25. The maximum atomic E-state index is 11.0. The summed E-state index contributed by atoms with van der Waals surface area (Å²) in [6, 6.07) is 0. The molecule has 3 aliphatic heterocycles. The van der Waals surface area contributed by atoms with Crippen molar-refractivity contribution < 1.29 is 55.2 Å². The minimum absolute atomic E-state index is 1.27. The Morgan fingerprint density at radius 2 is 0.839 bits per heavy atom. The molecule has 0 amide bonds. The molecule has 0 aromatic heterocycles. The van der Waals surface area contributed by atoms with E-state index in [1.807, 2.05) is 0 Å². The Kier molecular flexibility index (Phi) is 6.80. The van der Waals surface area contributed by atoms with Crippen molar-refractivity contribution in [3.05, 3.63) is 0 Å². The van der Waals surface area contributed by atoms with Crippen LogP contribution in [0.5, 0.6) is 0 Å². The van der Waals surface area contributed by atoms with Crippen molar-refractivity contribution in [1.82, 2.24) is 0 Å². The maximum Gasteiger partial charge on any atom is 0.661 e. The van der Waals surface area contributed by atoms with Crippen LogP contribution in [-0.2, 0) is 45.6 Å². The van der Waals surface area contributed by atoms with Gasteiger partial charge in [-0.15, -0.1) is 0 Å². The van der Waals surface area contributed by atoms with E-state index in [4.69, 9.17) is 45.6 Å². The molecule has 4 unspecified atom stereocenters. The van der Waals surface area contributed by atoms with Crippen LogP contribution in [0, 0.1) is 0 Å². The monoisotopic (exact) mass is 584 g/mol. The van der Waals surface area contributed by atoms with Gasteiger partial charge in [0.1, 0.15) is 0 Å². The Bertz CT molecular complexity index is 694. The lowest BCUT2D eigenvalue weighted by Gasteiger charge is -2.54. The highest BCUT2D eigenvalue weighted by Crippen LogP contribution is 2.42. The third-order valence-electron chi connectivity index (χ3n) is 3.86. The van der Waals surface area contributed by atoms with Crippen LogP contribution < -0.4 is 0 Å². The fraction of sp³-hybridized carbons (Fsp3) is 1.00. The zero-order valence-corrected chi connectivity index (χ0v) is 27.4. The van der Waals surface area contributed by atoms with E-state index in [-0.39, 0.29) is 0 Å². The van der Waals surface area contributed by atoms with E-state index < -0.39 is 70.2 Å². The van der Waals surface area contributed by atoms with Gasteiger partial charge in [-0.2, -0.15) is 0 Å². The van der Waals surface area contributed by atoms with Crippen molar-refractivity contribution in [2.45, 2.75) is 58.9 Å². The van der Waals surface area contributed by atoms with Gasteiger partial charge in [0, 0.05) is 13.7 Å². The van der Waals surface area contributed by atoms with Crippen molar-refractivity contribution >= 4 is 70.2 Å². The highest BCUT2D eigenvalue weighted by molar-refractivity contribution is 6.97. The Hall–Kier alpha value is 1.22. The van der Waals surface area contributed by atoms with Crippen LogP contribution >= 0.6 is 0 Å². The zero-order chi connectivity index (χ0) is 23.8. The summed E-state index contributed by atoms with van der Waals surface area (Å²) in [5, 5.41) is 0. The molecule has 2 N–H and O–H groups in total. The zero-order valence-electron chi connectivity index (χ0n) is 19.4. The molecule has 0 aliphatic carbocycles. The summed E-state index contributed by atoms with van der Waals surface area (Å²) >= 11 is 0. The number of hydrogen-bond acceptors (Lipinski definition) is 13. The average molecular weight is 585 g/mol. The minimum atomic E-state index is -4.20. The lowest BCUT2D eigenvalue weighted by Crippen LogP contribution is -2.82. The van der Waals surface area contributed by atoms with Gasteiger partial charge in [0.25, 0.3) is 0 Å². The van der Waals surface area contributed by atoms with Crippen molar-refractivity contribution in [2.75, 3.05) is 7.11 Å². The van der Waals surface area contributed by atoms with Crippen LogP contribution in [0.2, 0.25) is 58.9 Å². The summed E-state index contributed by atoms with van der Waals surface area (Å²) in [7, 11) is -26.9. The van der Waals surface area contributed by atoms with Crippen molar-refractivity contribution in [3.8, 4) is 0 Å². The third kappa shape index (κ3) is 6.46. The Labute approximate surface area is 191 Å². The molecule has 3 heterocycles. The second kappa shape index (κ2) is 7.86. The molecule has 3 rings (SSSR count). The molecular weight excluding hydrogens is 553 g/mol. The van der Waals surface area contributed by atoms with Crippen LogP contribution in [0.1, 0.15) is 0 Å². The molecule has 3 fully saturated rings. The summed E-state index contributed by atoms with van der Waals surface area (Å²) in [6.45, 7) is 15.5. The fourth-order valence-electron chi connectivity index (χ4n) is 3.56. The molecule has 4 atom stereocenters. The lowest BCUT2D eigenvalue weighted by molar-refractivity contribution is -0.0432. The Morgan fingerprint density at radius 3 is 1.32 bits per heavy atom. The first-order valence-corrected chi connectivity index (χ1v) is 28.1.